The van der Waals surface area contributed by atoms with Crippen LogP contribution in [0.1, 0.15) is 27.2 Å². The van der Waals surface area contributed by atoms with Crippen LogP contribution in [0.3, 0.4) is 0 Å². The SMILES string of the molecule is C=C(Cl)CN=C(NCC)NC1C2CCOC2C1(C)C.I. The Morgan fingerprint density at radius 2 is 2.20 bits per heavy atom. The number of nitrogens with zero attached hydrogens (tertiary/aromatic N) is 1. The van der Waals surface area contributed by atoms with E-state index in [1.54, 1.807) is 0 Å². The van der Waals surface area contributed by atoms with E-state index >= 15 is 0 Å². The Morgan fingerprint density at radius 1 is 1.50 bits per heavy atom. The van der Waals surface area contributed by atoms with Crippen molar-refractivity contribution in [2.75, 3.05) is 19.7 Å². The summed E-state index contributed by atoms with van der Waals surface area (Å²) in [4.78, 5) is 4.44. The van der Waals surface area contributed by atoms with E-state index in [0.29, 0.717) is 29.6 Å². The molecule has 3 unspecified atom stereocenters. The Labute approximate surface area is 143 Å². The first kappa shape index (κ1) is 18.0. The van der Waals surface area contributed by atoms with Gasteiger partial charge in [0.25, 0.3) is 0 Å². The van der Waals surface area contributed by atoms with Crippen molar-refractivity contribution in [3.63, 3.8) is 0 Å². The summed E-state index contributed by atoms with van der Waals surface area (Å²) in [6.07, 6.45) is 1.52. The molecule has 20 heavy (non-hydrogen) atoms. The smallest absolute Gasteiger partial charge is 0.191 e. The number of nitrogens with one attached hydrogen (secondary N) is 2. The second-order valence-electron chi connectivity index (χ2n) is 5.90. The van der Waals surface area contributed by atoms with Crippen LogP contribution < -0.4 is 10.6 Å². The second-order valence-corrected chi connectivity index (χ2v) is 6.43. The molecule has 4 nitrogen and oxygen atoms in total. The summed E-state index contributed by atoms with van der Waals surface area (Å²) in [5.74, 6) is 1.41. The van der Waals surface area contributed by atoms with Gasteiger partial charge < -0.3 is 15.4 Å². The number of hydrogen-bond donors (Lipinski definition) is 2. The van der Waals surface area contributed by atoms with Gasteiger partial charge in [0, 0.05) is 35.6 Å². The molecule has 3 atom stereocenters. The highest BCUT2D eigenvalue weighted by molar-refractivity contribution is 14.0. The largest absolute Gasteiger partial charge is 0.377 e. The zero-order chi connectivity index (χ0) is 14.0. The lowest BCUT2D eigenvalue weighted by molar-refractivity contribution is -0.106. The normalized spacial score (nSPS) is 30.8. The lowest BCUT2D eigenvalue weighted by atomic mass is 9.57. The van der Waals surface area contributed by atoms with E-state index in [-0.39, 0.29) is 29.4 Å². The molecule has 1 saturated carbocycles. The van der Waals surface area contributed by atoms with E-state index in [2.05, 4.69) is 43.0 Å². The number of fused-ring (bicyclic) bond motifs is 1. The first-order chi connectivity index (χ1) is 8.96. The Bertz CT molecular complexity index is 387. The van der Waals surface area contributed by atoms with Gasteiger partial charge in [0.05, 0.1) is 12.6 Å². The maximum Gasteiger partial charge on any atom is 0.191 e. The molecule has 0 aromatic carbocycles. The average molecular weight is 414 g/mol. The van der Waals surface area contributed by atoms with Gasteiger partial charge in [-0.2, -0.15) is 0 Å². The van der Waals surface area contributed by atoms with Crippen LogP contribution in [-0.2, 0) is 4.74 Å². The van der Waals surface area contributed by atoms with Crippen LogP contribution in [0.2, 0.25) is 0 Å². The molecule has 2 aliphatic rings. The third-order valence-corrected chi connectivity index (χ3v) is 4.27. The minimum Gasteiger partial charge on any atom is -0.377 e. The molecule has 0 amide bonds. The first-order valence-electron chi connectivity index (χ1n) is 6.96. The molecule has 2 N–H and O–H groups in total. The van der Waals surface area contributed by atoms with Crippen molar-refractivity contribution in [2.24, 2.45) is 16.3 Å². The number of ether oxygens (including phenoxy) is 1. The predicted octanol–water partition coefficient (Wildman–Crippen LogP) is 2.73. The zero-order valence-electron chi connectivity index (χ0n) is 12.4. The van der Waals surface area contributed by atoms with Crippen molar-refractivity contribution in [1.82, 2.24) is 10.6 Å². The van der Waals surface area contributed by atoms with E-state index in [4.69, 9.17) is 16.3 Å². The minimum absolute atomic E-state index is 0. The van der Waals surface area contributed by atoms with Crippen LogP contribution in [0, 0.1) is 11.3 Å². The molecule has 0 aromatic heterocycles. The highest BCUT2D eigenvalue weighted by Gasteiger charge is 2.59. The van der Waals surface area contributed by atoms with Gasteiger partial charge in [-0.15, -0.1) is 24.0 Å². The number of hydrogen-bond acceptors (Lipinski definition) is 2. The molecule has 1 aliphatic heterocycles. The summed E-state index contributed by atoms with van der Waals surface area (Å²) in [5.41, 5.74) is 0.148. The Balaban J connectivity index is 0.00000200. The molecular weight excluding hydrogens is 389 g/mol. The summed E-state index contributed by atoms with van der Waals surface area (Å²) in [7, 11) is 0. The number of rotatable bonds is 4. The molecule has 6 heteroatoms. The van der Waals surface area contributed by atoms with Gasteiger partial charge in [-0.3, -0.25) is 0 Å². The van der Waals surface area contributed by atoms with Gasteiger partial charge in [0.2, 0.25) is 0 Å². The number of guanidine groups is 1. The number of aliphatic imine (C=N–C) groups is 1. The highest BCUT2D eigenvalue weighted by Crippen LogP contribution is 2.52. The van der Waals surface area contributed by atoms with Crippen molar-refractivity contribution in [2.45, 2.75) is 39.3 Å². The maximum atomic E-state index is 5.80. The van der Waals surface area contributed by atoms with E-state index in [1.807, 2.05) is 0 Å². The fourth-order valence-corrected chi connectivity index (χ4v) is 3.31. The average Bonchev–Trinajstić information content (AvgIpc) is 2.79. The summed E-state index contributed by atoms with van der Waals surface area (Å²) in [6.45, 7) is 12.4. The van der Waals surface area contributed by atoms with Crippen molar-refractivity contribution in [3.8, 4) is 0 Å². The Kier molecular flexibility index (Phi) is 6.60. The Hall–Kier alpha value is -0.0100. The van der Waals surface area contributed by atoms with Crippen LogP contribution in [-0.4, -0.2) is 37.8 Å². The molecule has 116 valence electrons. The lowest BCUT2D eigenvalue weighted by Gasteiger charge is -2.54. The predicted molar refractivity (Wildman–Crippen MR) is 94.9 cm³/mol. The topological polar surface area (TPSA) is 45.7 Å². The third-order valence-electron chi connectivity index (χ3n) is 4.15. The van der Waals surface area contributed by atoms with Crippen molar-refractivity contribution < 1.29 is 4.74 Å². The molecule has 0 radical (unpaired) electrons. The fraction of sp³-hybridized carbons (Fsp3) is 0.786. The molecule has 0 bridgehead atoms. The van der Waals surface area contributed by atoms with Crippen molar-refractivity contribution in [3.05, 3.63) is 11.6 Å². The molecule has 1 aliphatic carbocycles. The lowest BCUT2D eigenvalue weighted by Crippen LogP contribution is -2.67. The van der Waals surface area contributed by atoms with Crippen LogP contribution in [0.4, 0.5) is 0 Å². The van der Waals surface area contributed by atoms with E-state index in [0.717, 1.165) is 25.5 Å². The maximum absolute atomic E-state index is 5.80. The van der Waals surface area contributed by atoms with Gasteiger partial charge in [0.1, 0.15) is 0 Å². The molecule has 1 saturated heterocycles. The monoisotopic (exact) mass is 413 g/mol. The highest BCUT2D eigenvalue weighted by atomic mass is 127. The minimum atomic E-state index is 0. The molecule has 1 heterocycles. The van der Waals surface area contributed by atoms with Crippen LogP contribution in [0.15, 0.2) is 16.6 Å². The molecular formula is C14H25ClIN3O. The van der Waals surface area contributed by atoms with E-state index < -0.39 is 0 Å². The summed E-state index contributed by atoms with van der Waals surface area (Å²) in [6, 6.07) is 0.404. The summed E-state index contributed by atoms with van der Waals surface area (Å²) in [5, 5.41) is 7.33. The summed E-state index contributed by atoms with van der Waals surface area (Å²) < 4.78 is 5.80. The van der Waals surface area contributed by atoms with Gasteiger partial charge in [-0.25, -0.2) is 4.99 Å². The van der Waals surface area contributed by atoms with Gasteiger partial charge in [-0.1, -0.05) is 32.0 Å². The quantitative estimate of drug-likeness (QED) is 0.423. The third kappa shape index (κ3) is 3.60. The van der Waals surface area contributed by atoms with E-state index in [1.165, 1.54) is 0 Å². The van der Waals surface area contributed by atoms with Crippen molar-refractivity contribution >= 4 is 41.5 Å². The van der Waals surface area contributed by atoms with Crippen LogP contribution in [0.25, 0.3) is 0 Å². The fourth-order valence-electron chi connectivity index (χ4n) is 3.25. The second kappa shape index (κ2) is 7.31. The molecule has 2 fully saturated rings. The molecule has 0 spiro atoms. The van der Waals surface area contributed by atoms with E-state index in [9.17, 15) is 0 Å². The van der Waals surface area contributed by atoms with Crippen LogP contribution >= 0.6 is 35.6 Å². The first-order valence-corrected chi connectivity index (χ1v) is 7.34. The standard InChI is InChI=1S/C14H24ClN3O.HI/c1-5-16-13(17-8-9(2)15)18-11-10-6-7-19-12(10)14(11,3)4;/h10-12H,2,5-8H2,1,3-4H3,(H2,16,17,18);1H. The van der Waals surface area contributed by atoms with Gasteiger partial charge in [-0.05, 0) is 13.3 Å². The van der Waals surface area contributed by atoms with Gasteiger partial charge in [0.15, 0.2) is 5.96 Å². The summed E-state index contributed by atoms with van der Waals surface area (Å²) >= 11 is 5.77. The van der Waals surface area contributed by atoms with Crippen LogP contribution in [0.5, 0.6) is 0 Å². The number of halogens is 2. The molecule has 2 rings (SSSR count). The Morgan fingerprint density at radius 3 is 2.80 bits per heavy atom. The van der Waals surface area contributed by atoms with Gasteiger partial charge >= 0.3 is 0 Å². The van der Waals surface area contributed by atoms with Crippen molar-refractivity contribution in [1.29, 1.82) is 0 Å². The molecule has 0 aromatic rings. The zero-order valence-corrected chi connectivity index (χ0v) is 15.5.